The maximum atomic E-state index is 12.1. The van der Waals surface area contributed by atoms with E-state index in [1.165, 1.54) is 16.2 Å². The number of aromatic nitrogens is 1. The fraction of sp³-hybridized carbons (Fsp3) is 0.375. The maximum Gasteiger partial charge on any atom is 0.231 e. The molecule has 5 nitrogen and oxygen atoms in total. The second-order valence-corrected chi connectivity index (χ2v) is 6.76. The number of anilines is 1. The Morgan fingerprint density at radius 3 is 3.00 bits per heavy atom. The van der Waals surface area contributed by atoms with E-state index in [9.17, 15) is 4.79 Å². The third-order valence-corrected chi connectivity index (χ3v) is 4.15. The number of ether oxygens (including phenoxy) is 2. The van der Waals surface area contributed by atoms with E-state index in [1.807, 2.05) is 24.4 Å². The van der Waals surface area contributed by atoms with Gasteiger partial charge in [-0.25, -0.2) is 4.98 Å². The molecule has 2 aromatic rings. The third-order valence-electron chi connectivity index (χ3n) is 3.21. The summed E-state index contributed by atoms with van der Waals surface area (Å²) in [6.45, 7) is 4.57. The first-order valence-electron chi connectivity index (χ1n) is 7.23. The van der Waals surface area contributed by atoms with Crippen LogP contribution in [-0.4, -0.2) is 17.7 Å². The first-order chi connectivity index (χ1) is 10.6. The van der Waals surface area contributed by atoms with Gasteiger partial charge in [0.15, 0.2) is 16.6 Å². The number of hydrogen-bond acceptors (Lipinski definition) is 5. The largest absolute Gasteiger partial charge is 0.454 e. The van der Waals surface area contributed by atoms with Crippen LogP contribution in [0.4, 0.5) is 5.13 Å². The number of amides is 1. The molecule has 1 N–H and O–H groups in total. The Bertz CT molecular complexity index is 682. The van der Waals surface area contributed by atoms with Crippen molar-refractivity contribution in [3.63, 3.8) is 0 Å². The molecule has 1 aliphatic rings. The average molecular weight is 318 g/mol. The van der Waals surface area contributed by atoms with E-state index in [2.05, 4.69) is 24.1 Å². The number of thiazole rings is 1. The van der Waals surface area contributed by atoms with Gasteiger partial charge >= 0.3 is 0 Å². The zero-order valence-electron chi connectivity index (χ0n) is 12.6. The second kappa shape index (κ2) is 6.36. The molecule has 0 saturated carbocycles. The highest BCUT2D eigenvalue weighted by Gasteiger charge is 2.15. The van der Waals surface area contributed by atoms with Gasteiger partial charge in [-0.2, -0.15) is 0 Å². The highest BCUT2D eigenvalue weighted by atomic mass is 32.1. The summed E-state index contributed by atoms with van der Waals surface area (Å²) in [5.41, 5.74) is 0.890. The van der Waals surface area contributed by atoms with Crippen LogP contribution in [0.2, 0.25) is 0 Å². The Morgan fingerprint density at radius 1 is 1.36 bits per heavy atom. The van der Waals surface area contributed by atoms with E-state index < -0.39 is 0 Å². The van der Waals surface area contributed by atoms with Crippen molar-refractivity contribution in [2.75, 3.05) is 12.1 Å². The highest BCUT2D eigenvalue weighted by molar-refractivity contribution is 7.15. The summed E-state index contributed by atoms with van der Waals surface area (Å²) in [7, 11) is 0. The molecule has 1 amide bonds. The molecule has 0 spiro atoms. The summed E-state index contributed by atoms with van der Waals surface area (Å²) in [4.78, 5) is 17.5. The SMILES string of the molecule is CC(C)Cc1cnc(NC(=O)Cc2ccc3c(c2)OCO3)s1. The van der Waals surface area contributed by atoms with Crippen molar-refractivity contribution in [1.29, 1.82) is 0 Å². The molecule has 0 atom stereocenters. The van der Waals surface area contributed by atoms with Gasteiger partial charge in [-0.15, -0.1) is 11.3 Å². The molecular weight excluding hydrogens is 300 g/mol. The van der Waals surface area contributed by atoms with Gasteiger partial charge in [-0.05, 0) is 30.0 Å². The topological polar surface area (TPSA) is 60.5 Å². The summed E-state index contributed by atoms with van der Waals surface area (Å²) < 4.78 is 10.6. The molecule has 0 unspecified atom stereocenters. The zero-order chi connectivity index (χ0) is 15.5. The number of carbonyl (C=O) groups excluding carboxylic acids is 1. The minimum atomic E-state index is -0.0793. The van der Waals surface area contributed by atoms with E-state index in [1.54, 1.807) is 0 Å². The quantitative estimate of drug-likeness (QED) is 0.919. The molecule has 0 bridgehead atoms. The van der Waals surface area contributed by atoms with Crippen LogP contribution in [0, 0.1) is 5.92 Å². The molecule has 116 valence electrons. The van der Waals surface area contributed by atoms with Crippen molar-refractivity contribution < 1.29 is 14.3 Å². The molecule has 2 heterocycles. The Balaban J connectivity index is 1.59. The van der Waals surface area contributed by atoms with Crippen LogP contribution in [0.5, 0.6) is 11.5 Å². The predicted molar refractivity (Wildman–Crippen MR) is 85.6 cm³/mol. The summed E-state index contributed by atoms with van der Waals surface area (Å²) >= 11 is 1.53. The predicted octanol–water partition coefficient (Wildman–Crippen LogP) is 3.25. The Morgan fingerprint density at radius 2 is 2.18 bits per heavy atom. The van der Waals surface area contributed by atoms with E-state index in [-0.39, 0.29) is 19.1 Å². The first-order valence-corrected chi connectivity index (χ1v) is 8.05. The van der Waals surface area contributed by atoms with Crippen molar-refractivity contribution in [3.8, 4) is 11.5 Å². The van der Waals surface area contributed by atoms with Crippen LogP contribution >= 0.6 is 11.3 Å². The molecule has 0 aliphatic carbocycles. The molecule has 0 saturated heterocycles. The number of carbonyl (C=O) groups is 1. The molecule has 22 heavy (non-hydrogen) atoms. The lowest BCUT2D eigenvalue weighted by Gasteiger charge is -2.03. The lowest BCUT2D eigenvalue weighted by molar-refractivity contribution is -0.115. The standard InChI is InChI=1S/C16H18N2O3S/c1-10(2)5-12-8-17-16(22-12)18-15(19)7-11-3-4-13-14(6-11)21-9-20-13/h3-4,6,8,10H,5,7,9H2,1-2H3,(H,17,18,19). The highest BCUT2D eigenvalue weighted by Crippen LogP contribution is 2.32. The van der Waals surface area contributed by atoms with Gasteiger partial charge in [0.2, 0.25) is 12.7 Å². The van der Waals surface area contributed by atoms with Crippen molar-refractivity contribution in [1.82, 2.24) is 4.98 Å². The van der Waals surface area contributed by atoms with Crippen LogP contribution in [0.1, 0.15) is 24.3 Å². The molecule has 0 fully saturated rings. The monoisotopic (exact) mass is 318 g/mol. The minimum absolute atomic E-state index is 0.0793. The molecule has 1 aliphatic heterocycles. The smallest absolute Gasteiger partial charge is 0.231 e. The van der Waals surface area contributed by atoms with Crippen LogP contribution in [0.15, 0.2) is 24.4 Å². The summed E-state index contributed by atoms with van der Waals surface area (Å²) in [6, 6.07) is 5.54. The van der Waals surface area contributed by atoms with Crippen LogP contribution in [0.3, 0.4) is 0 Å². The Kier molecular flexibility index (Phi) is 4.29. The molecule has 1 aromatic heterocycles. The fourth-order valence-electron chi connectivity index (χ4n) is 2.26. The van der Waals surface area contributed by atoms with Crippen LogP contribution in [-0.2, 0) is 17.6 Å². The van der Waals surface area contributed by atoms with Crippen molar-refractivity contribution >= 4 is 22.4 Å². The van der Waals surface area contributed by atoms with Gasteiger partial charge in [0.05, 0.1) is 6.42 Å². The third kappa shape index (κ3) is 3.57. The Hall–Kier alpha value is -2.08. The number of fused-ring (bicyclic) bond motifs is 1. The maximum absolute atomic E-state index is 12.1. The van der Waals surface area contributed by atoms with E-state index >= 15 is 0 Å². The minimum Gasteiger partial charge on any atom is -0.454 e. The normalized spacial score (nSPS) is 12.7. The molecular formula is C16H18N2O3S. The van der Waals surface area contributed by atoms with Crippen molar-refractivity contribution in [2.24, 2.45) is 5.92 Å². The van der Waals surface area contributed by atoms with E-state index in [4.69, 9.17) is 9.47 Å². The van der Waals surface area contributed by atoms with Gasteiger partial charge in [-0.1, -0.05) is 19.9 Å². The summed E-state index contributed by atoms with van der Waals surface area (Å²) in [6.07, 6.45) is 3.10. The lowest BCUT2D eigenvalue weighted by atomic mass is 10.1. The van der Waals surface area contributed by atoms with Gasteiger partial charge in [0.25, 0.3) is 0 Å². The lowest BCUT2D eigenvalue weighted by Crippen LogP contribution is -2.14. The second-order valence-electron chi connectivity index (χ2n) is 5.64. The average Bonchev–Trinajstić information content (AvgIpc) is 3.06. The van der Waals surface area contributed by atoms with Gasteiger partial charge < -0.3 is 14.8 Å². The summed E-state index contributed by atoms with van der Waals surface area (Å²) in [5.74, 6) is 1.92. The molecule has 1 aromatic carbocycles. The van der Waals surface area contributed by atoms with Crippen molar-refractivity contribution in [2.45, 2.75) is 26.7 Å². The Labute approximate surface area is 133 Å². The van der Waals surface area contributed by atoms with Gasteiger partial charge in [0, 0.05) is 11.1 Å². The number of benzene rings is 1. The zero-order valence-corrected chi connectivity index (χ0v) is 13.4. The van der Waals surface area contributed by atoms with E-state index in [0.717, 1.165) is 17.7 Å². The first kappa shape index (κ1) is 14.8. The number of hydrogen-bond donors (Lipinski definition) is 1. The molecule has 3 rings (SSSR count). The van der Waals surface area contributed by atoms with Crippen molar-refractivity contribution in [3.05, 3.63) is 34.8 Å². The van der Waals surface area contributed by atoms with Gasteiger partial charge in [0.1, 0.15) is 0 Å². The van der Waals surface area contributed by atoms with Gasteiger partial charge in [-0.3, -0.25) is 4.79 Å². The number of nitrogens with zero attached hydrogens (tertiary/aromatic N) is 1. The van der Waals surface area contributed by atoms with Crippen LogP contribution in [0.25, 0.3) is 0 Å². The molecule has 6 heteroatoms. The summed E-state index contributed by atoms with van der Waals surface area (Å²) in [5, 5.41) is 3.50. The number of nitrogens with one attached hydrogen (secondary N) is 1. The fourth-order valence-corrected chi connectivity index (χ4v) is 3.30. The van der Waals surface area contributed by atoms with E-state index in [0.29, 0.717) is 16.8 Å². The van der Waals surface area contributed by atoms with Crippen LogP contribution < -0.4 is 14.8 Å². The molecule has 0 radical (unpaired) electrons. The number of rotatable bonds is 5.